The lowest BCUT2D eigenvalue weighted by atomic mass is 10.1. The van der Waals surface area contributed by atoms with Crippen molar-refractivity contribution in [1.82, 2.24) is 0 Å². The van der Waals surface area contributed by atoms with Crippen molar-refractivity contribution in [3.63, 3.8) is 0 Å². The summed E-state index contributed by atoms with van der Waals surface area (Å²) in [6.45, 7) is 1.03. The molecule has 0 aromatic heterocycles. The predicted octanol–water partition coefficient (Wildman–Crippen LogP) is 5.13. The Balaban J connectivity index is 2.00. The van der Waals surface area contributed by atoms with Crippen molar-refractivity contribution in [3.05, 3.63) is 75.7 Å². The van der Waals surface area contributed by atoms with Crippen LogP contribution in [-0.2, 0) is 11.3 Å². The maximum Gasteiger partial charge on any atom is 0.0991 e. The van der Waals surface area contributed by atoms with E-state index in [2.05, 4.69) is 11.5 Å². The van der Waals surface area contributed by atoms with Gasteiger partial charge < -0.3 is 4.74 Å². The van der Waals surface area contributed by atoms with E-state index >= 15 is 0 Å². The average Bonchev–Trinajstić information content (AvgIpc) is 2.54. The average molecular weight is 330 g/mol. The summed E-state index contributed by atoms with van der Waals surface area (Å²) < 4.78 is 5.80. The molecule has 0 unspecified atom stereocenters. The minimum atomic E-state index is 0.513. The van der Waals surface area contributed by atoms with E-state index in [1.807, 2.05) is 54.8 Å². The molecule has 0 heterocycles. The van der Waals surface area contributed by atoms with Crippen LogP contribution in [0.25, 0.3) is 5.57 Å². The van der Waals surface area contributed by atoms with Crippen LogP contribution < -0.4 is 0 Å². The molecule has 0 aliphatic rings. The number of rotatable bonds is 6. The van der Waals surface area contributed by atoms with Crippen LogP contribution in [0.1, 0.15) is 16.7 Å². The van der Waals surface area contributed by atoms with E-state index in [4.69, 9.17) is 21.6 Å². The fraction of sp³-hybridized carbons (Fsp3) is 0.167. The first-order chi connectivity index (χ1) is 10.7. The van der Waals surface area contributed by atoms with Gasteiger partial charge >= 0.3 is 0 Å². The number of ether oxygens (including phenoxy) is 1. The molecule has 2 aromatic rings. The summed E-state index contributed by atoms with van der Waals surface area (Å²) in [4.78, 5) is 0. The van der Waals surface area contributed by atoms with Gasteiger partial charge in [0.05, 0.1) is 24.8 Å². The summed E-state index contributed by atoms with van der Waals surface area (Å²) in [5.74, 6) is 0. The van der Waals surface area contributed by atoms with Gasteiger partial charge in [-0.1, -0.05) is 35.9 Å². The third kappa shape index (κ3) is 4.92. The highest BCUT2D eigenvalue weighted by atomic mass is 35.5. The molecule has 0 atom stereocenters. The molecule has 2 aromatic carbocycles. The van der Waals surface area contributed by atoms with Crippen molar-refractivity contribution in [2.45, 2.75) is 6.61 Å². The molecule has 0 saturated carbocycles. The molecule has 0 aliphatic heterocycles. The highest BCUT2D eigenvalue weighted by molar-refractivity contribution is 8.01. The molecule has 0 fully saturated rings. The van der Waals surface area contributed by atoms with Gasteiger partial charge in [-0.15, -0.1) is 11.8 Å². The maximum atomic E-state index is 8.86. The summed E-state index contributed by atoms with van der Waals surface area (Å²) >= 11 is 7.60. The standard InChI is InChI=1S/C18H16ClNOS/c1-22-13-17(16-7-5-14(10-20)6-8-16)12-21-11-15-3-2-4-18(19)9-15/h2-9,13H,11-12H2,1H3/b17-13-. The van der Waals surface area contributed by atoms with Crippen LogP contribution in [0.2, 0.25) is 5.02 Å². The Morgan fingerprint density at radius 1 is 1.27 bits per heavy atom. The topological polar surface area (TPSA) is 33.0 Å². The van der Waals surface area contributed by atoms with Gasteiger partial charge in [-0.05, 0) is 52.6 Å². The van der Waals surface area contributed by atoms with Gasteiger partial charge in [0.15, 0.2) is 0 Å². The number of benzene rings is 2. The van der Waals surface area contributed by atoms with E-state index in [1.54, 1.807) is 11.8 Å². The number of halogens is 1. The van der Waals surface area contributed by atoms with Gasteiger partial charge in [-0.2, -0.15) is 5.26 Å². The molecule has 2 nitrogen and oxygen atoms in total. The number of hydrogen-bond acceptors (Lipinski definition) is 3. The summed E-state index contributed by atoms with van der Waals surface area (Å²) in [5, 5.41) is 11.6. The summed E-state index contributed by atoms with van der Waals surface area (Å²) in [7, 11) is 0. The van der Waals surface area contributed by atoms with Crippen LogP contribution in [0.3, 0.4) is 0 Å². The van der Waals surface area contributed by atoms with E-state index in [-0.39, 0.29) is 0 Å². The highest BCUT2D eigenvalue weighted by Gasteiger charge is 2.03. The van der Waals surface area contributed by atoms with Crippen molar-refractivity contribution >= 4 is 28.9 Å². The van der Waals surface area contributed by atoms with E-state index < -0.39 is 0 Å². The summed E-state index contributed by atoms with van der Waals surface area (Å²) in [6, 6.07) is 17.3. The Labute approximate surface area is 140 Å². The molecule has 22 heavy (non-hydrogen) atoms. The third-order valence-corrected chi connectivity index (χ3v) is 3.82. The molecule has 0 bridgehead atoms. The monoisotopic (exact) mass is 329 g/mol. The lowest BCUT2D eigenvalue weighted by Crippen LogP contribution is -1.99. The number of hydrogen-bond donors (Lipinski definition) is 0. The molecule has 0 N–H and O–H groups in total. The van der Waals surface area contributed by atoms with Gasteiger partial charge in [0.1, 0.15) is 0 Å². The molecular formula is C18H16ClNOS. The van der Waals surface area contributed by atoms with E-state index in [1.165, 1.54) is 0 Å². The minimum Gasteiger partial charge on any atom is -0.372 e. The lowest BCUT2D eigenvalue weighted by molar-refractivity contribution is 0.153. The second-order valence-corrected chi connectivity index (χ2v) is 5.83. The second-order valence-electron chi connectivity index (χ2n) is 4.69. The first kappa shape index (κ1) is 16.6. The Bertz CT molecular complexity index is 689. The Morgan fingerprint density at radius 3 is 2.68 bits per heavy atom. The van der Waals surface area contributed by atoms with Gasteiger partial charge in [0, 0.05) is 5.02 Å². The minimum absolute atomic E-state index is 0.513. The first-order valence-corrected chi connectivity index (χ1v) is 8.44. The van der Waals surface area contributed by atoms with E-state index in [0.29, 0.717) is 23.8 Å². The van der Waals surface area contributed by atoms with Crippen LogP contribution >= 0.6 is 23.4 Å². The molecular weight excluding hydrogens is 314 g/mol. The highest BCUT2D eigenvalue weighted by Crippen LogP contribution is 2.20. The quantitative estimate of drug-likeness (QED) is 0.736. The van der Waals surface area contributed by atoms with Crippen LogP contribution in [0.15, 0.2) is 53.9 Å². The zero-order valence-corrected chi connectivity index (χ0v) is 13.8. The van der Waals surface area contributed by atoms with Gasteiger partial charge in [-0.3, -0.25) is 0 Å². The maximum absolute atomic E-state index is 8.86. The molecule has 0 aliphatic carbocycles. The zero-order chi connectivity index (χ0) is 15.8. The molecule has 0 spiro atoms. The smallest absolute Gasteiger partial charge is 0.0991 e. The fourth-order valence-corrected chi connectivity index (χ4v) is 2.69. The van der Waals surface area contributed by atoms with Crippen molar-refractivity contribution in [1.29, 1.82) is 5.26 Å². The second kappa shape index (κ2) is 8.65. The Hall–Kier alpha value is -1.73. The summed E-state index contributed by atoms with van der Waals surface area (Å²) in [6.07, 6.45) is 2.01. The lowest BCUT2D eigenvalue weighted by Gasteiger charge is -2.09. The predicted molar refractivity (Wildman–Crippen MR) is 93.8 cm³/mol. The largest absolute Gasteiger partial charge is 0.372 e. The molecule has 0 amide bonds. The van der Waals surface area contributed by atoms with Crippen LogP contribution in [0.5, 0.6) is 0 Å². The third-order valence-electron chi connectivity index (χ3n) is 3.06. The molecule has 2 rings (SSSR count). The van der Waals surface area contributed by atoms with Crippen molar-refractivity contribution < 1.29 is 4.74 Å². The SMILES string of the molecule is CS/C=C(/COCc1cccc(Cl)c1)c1ccc(C#N)cc1. The van der Waals surface area contributed by atoms with Crippen LogP contribution in [0.4, 0.5) is 0 Å². The number of nitriles is 1. The van der Waals surface area contributed by atoms with Crippen molar-refractivity contribution in [3.8, 4) is 6.07 Å². The van der Waals surface area contributed by atoms with Gasteiger partial charge in [0.25, 0.3) is 0 Å². The van der Waals surface area contributed by atoms with Gasteiger partial charge in [-0.25, -0.2) is 0 Å². The first-order valence-electron chi connectivity index (χ1n) is 6.77. The molecule has 0 radical (unpaired) electrons. The Morgan fingerprint density at radius 2 is 2.05 bits per heavy atom. The van der Waals surface area contributed by atoms with E-state index in [9.17, 15) is 0 Å². The normalized spacial score (nSPS) is 11.2. The van der Waals surface area contributed by atoms with Crippen molar-refractivity contribution in [2.75, 3.05) is 12.9 Å². The zero-order valence-electron chi connectivity index (χ0n) is 12.3. The number of thioether (sulfide) groups is 1. The van der Waals surface area contributed by atoms with Crippen LogP contribution in [0, 0.1) is 11.3 Å². The summed E-state index contributed by atoms with van der Waals surface area (Å²) in [5.41, 5.74) is 3.88. The van der Waals surface area contributed by atoms with Crippen LogP contribution in [-0.4, -0.2) is 12.9 Å². The van der Waals surface area contributed by atoms with Crippen molar-refractivity contribution in [2.24, 2.45) is 0 Å². The molecule has 0 saturated heterocycles. The molecule has 4 heteroatoms. The fourth-order valence-electron chi connectivity index (χ4n) is 1.99. The number of nitrogens with zero attached hydrogens (tertiary/aromatic N) is 1. The Kier molecular flexibility index (Phi) is 6.54. The van der Waals surface area contributed by atoms with E-state index in [0.717, 1.165) is 16.7 Å². The molecule has 112 valence electrons. The van der Waals surface area contributed by atoms with Gasteiger partial charge in [0.2, 0.25) is 0 Å².